The minimum atomic E-state index is -5.25. The second-order valence-electron chi connectivity index (χ2n) is 25.9. The molecule has 1 heterocycles. The van der Waals surface area contributed by atoms with Crippen LogP contribution in [0.1, 0.15) is 171 Å². The van der Waals surface area contributed by atoms with E-state index in [1.165, 1.54) is 13.8 Å². The van der Waals surface area contributed by atoms with Crippen molar-refractivity contribution in [1.29, 1.82) is 0 Å². The topological polar surface area (TPSA) is 158 Å². The molecule has 22 atom stereocenters. The number of halogens is 6. The maximum atomic E-state index is 14.6. The summed E-state index contributed by atoms with van der Waals surface area (Å²) in [6, 6.07) is 0. The molecular weight excluding hydrogens is 979 g/mol. The first-order chi connectivity index (χ1) is 34.5. The first-order valence-corrected chi connectivity index (χ1v) is 27.8. The third-order valence-corrected chi connectivity index (χ3v) is 22.7. The Balaban J connectivity index is 1.10. The minimum absolute atomic E-state index is 0.0275. The molecule has 1 saturated heterocycles. The van der Waals surface area contributed by atoms with E-state index in [2.05, 4.69) is 13.8 Å². The van der Waals surface area contributed by atoms with E-state index >= 15 is 0 Å². The van der Waals surface area contributed by atoms with Crippen LogP contribution in [0.25, 0.3) is 0 Å². The molecule has 1 aliphatic heterocycles. The molecule has 0 aromatic rings. The second-order valence-corrected chi connectivity index (χ2v) is 25.9. The van der Waals surface area contributed by atoms with Gasteiger partial charge in [-0.15, -0.1) is 0 Å². The van der Waals surface area contributed by atoms with Crippen LogP contribution >= 0.6 is 0 Å². The van der Waals surface area contributed by atoms with E-state index in [9.17, 15) is 55.1 Å². The predicted molar refractivity (Wildman–Crippen MR) is 251 cm³/mol. The number of carbonyl (C=O) groups is 6. The summed E-state index contributed by atoms with van der Waals surface area (Å²) >= 11 is 0. The zero-order chi connectivity index (χ0) is 53.8. The van der Waals surface area contributed by atoms with E-state index in [0.717, 1.165) is 0 Å². The fraction of sp³-hybridized carbons (Fsp3) is 0.893. The molecule has 0 aromatic carbocycles. The van der Waals surface area contributed by atoms with Crippen molar-refractivity contribution in [2.75, 3.05) is 0 Å². The average Bonchev–Trinajstić information content (AvgIpc) is 3.85. The normalized spacial score (nSPS) is 47.3. The summed E-state index contributed by atoms with van der Waals surface area (Å²) in [5.74, 6) is -9.67. The smallest absolute Gasteiger partial charge is 0.463 e. The highest BCUT2D eigenvalue weighted by Crippen LogP contribution is 2.72. The highest BCUT2D eigenvalue weighted by Gasteiger charge is 2.71. The first-order valence-electron chi connectivity index (χ1n) is 27.8. The molecule has 0 unspecified atom stereocenters. The summed E-state index contributed by atoms with van der Waals surface area (Å²) in [5, 5.41) is 0. The summed E-state index contributed by atoms with van der Waals surface area (Å²) in [4.78, 5) is 79.5. The van der Waals surface area contributed by atoms with Crippen LogP contribution in [0.4, 0.5) is 26.3 Å². The molecule has 0 aromatic heterocycles. The molecule has 0 amide bonds. The number of fused-ring (bicyclic) bond motifs is 4. The van der Waals surface area contributed by atoms with Crippen LogP contribution in [0, 0.1) is 92.7 Å². The molecule has 74 heavy (non-hydrogen) atoms. The van der Waals surface area contributed by atoms with Gasteiger partial charge in [0.05, 0.1) is 0 Å². The molecule has 9 fully saturated rings. The van der Waals surface area contributed by atoms with Gasteiger partial charge in [-0.25, -0.2) is 9.59 Å². The van der Waals surface area contributed by atoms with Gasteiger partial charge in [0.1, 0.15) is 36.6 Å². The van der Waals surface area contributed by atoms with E-state index in [-0.39, 0.29) is 96.7 Å². The maximum Gasteiger partial charge on any atom is 0.490 e. The molecule has 0 radical (unpaired) electrons. The lowest BCUT2D eigenvalue weighted by atomic mass is 9.43. The van der Waals surface area contributed by atoms with Crippen molar-refractivity contribution < 1.29 is 83.5 Å². The van der Waals surface area contributed by atoms with Crippen molar-refractivity contribution in [3.63, 3.8) is 0 Å². The molecule has 12 nitrogen and oxygen atoms in total. The SMILES string of the molecule is CC(=O)O[C@@H]1CC[C@@]2(C)[C@@H](C1)C[C@H]1OC(=O)CC[C@H](C)[C@H]3CC[C@H]4[C@@H]5[C@@H](C[C@@H]6C[C@H](OC(C)=O)CC[C@]6(C)[C@H]5C[C@H](OC(=O)C(F)(F)F)[C@]34C)OC(=O)CC[C@@H](C)[C@H]3CC[C@H]4[C@H]1[C@@H]2C[C@H](OC(=O)C(F)(F)F)[C@]34C. The van der Waals surface area contributed by atoms with Crippen molar-refractivity contribution >= 4 is 35.8 Å². The van der Waals surface area contributed by atoms with Gasteiger partial charge in [-0.2, -0.15) is 26.3 Å². The van der Waals surface area contributed by atoms with Gasteiger partial charge in [-0.3, -0.25) is 19.2 Å². The molecule has 8 bridgehead atoms. The fourth-order valence-corrected chi connectivity index (χ4v) is 19.3. The molecule has 8 saturated carbocycles. The summed E-state index contributed by atoms with van der Waals surface area (Å²) < 4.78 is 122. The molecule has 9 aliphatic rings. The lowest BCUT2D eigenvalue weighted by Crippen LogP contribution is -2.64. The zero-order valence-corrected chi connectivity index (χ0v) is 44.3. The zero-order valence-electron chi connectivity index (χ0n) is 44.3. The van der Waals surface area contributed by atoms with Crippen molar-refractivity contribution in [1.82, 2.24) is 0 Å². The molecule has 8 aliphatic carbocycles. The van der Waals surface area contributed by atoms with Crippen LogP contribution in [0.5, 0.6) is 0 Å². The highest BCUT2D eigenvalue weighted by molar-refractivity contribution is 5.76. The van der Waals surface area contributed by atoms with Gasteiger partial charge in [0.15, 0.2) is 0 Å². The maximum absolute atomic E-state index is 14.6. The number of carbonyl (C=O) groups excluding carboxylic acids is 6. The Morgan fingerprint density at radius 3 is 1.18 bits per heavy atom. The van der Waals surface area contributed by atoms with E-state index < -0.39 is 106 Å². The van der Waals surface area contributed by atoms with Crippen molar-refractivity contribution in [3.05, 3.63) is 0 Å². The van der Waals surface area contributed by atoms with Gasteiger partial charge in [0.2, 0.25) is 0 Å². The summed E-state index contributed by atoms with van der Waals surface area (Å²) in [5.41, 5.74) is -2.97. The standard InChI is InChI=1S/C56H78F6O12/c1-27-9-15-45(65)71-42-24-32-22-34(70-30(4)64)18-20-52(32,6)40-26-44(74-50(68)56(60,61)62)54(8)36(12-14-38(54)48(40)42)28(2)10-16-46(66)72-41-23-31-21-33(69-29(3)63)17-19-51(31,5)39-25-43(73-49(67)55(57,58)59)53(7)35(27)11-13-37(53)47(39)41/h27-28,31-44,47-48H,9-26H2,1-8H3/t27-,28+,31-,32-,33+,34+,35+,36+,37-,38-,39-,40-,41+,42+,43-,44-,47-,48-,51-,52-,53+,54+/m0/s1. The monoisotopic (exact) mass is 1060 g/mol. The molecular formula is C56H78F6O12. The predicted octanol–water partition coefficient (Wildman–Crippen LogP) is 11.2. The van der Waals surface area contributed by atoms with Crippen molar-refractivity contribution in [2.45, 2.75) is 220 Å². The van der Waals surface area contributed by atoms with Crippen LogP contribution in [0.15, 0.2) is 0 Å². The Kier molecular flexibility index (Phi) is 14.7. The van der Waals surface area contributed by atoms with Gasteiger partial charge in [-0.1, -0.05) is 41.5 Å². The second kappa shape index (κ2) is 19.7. The van der Waals surface area contributed by atoms with E-state index in [1.54, 1.807) is 0 Å². The van der Waals surface area contributed by atoms with Crippen LogP contribution in [-0.2, 0) is 57.2 Å². The van der Waals surface area contributed by atoms with Gasteiger partial charge in [0, 0.05) is 49.4 Å². The fourth-order valence-electron chi connectivity index (χ4n) is 19.3. The largest absolute Gasteiger partial charge is 0.490 e. The molecule has 18 heteroatoms. The van der Waals surface area contributed by atoms with Crippen molar-refractivity contribution in [3.8, 4) is 0 Å². The van der Waals surface area contributed by atoms with Crippen LogP contribution < -0.4 is 0 Å². The third-order valence-electron chi connectivity index (χ3n) is 22.7. The molecule has 9 rings (SSSR count). The Morgan fingerprint density at radius 2 is 0.838 bits per heavy atom. The average molecular weight is 1060 g/mol. The minimum Gasteiger partial charge on any atom is -0.463 e. The Hall–Kier alpha value is -3.60. The quantitative estimate of drug-likeness (QED) is 0.149. The molecule has 0 N–H and O–H groups in total. The van der Waals surface area contributed by atoms with Crippen LogP contribution in [0.2, 0.25) is 0 Å². The lowest BCUT2D eigenvalue weighted by molar-refractivity contribution is -0.243. The number of alkyl halides is 6. The van der Waals surface area contributed by atoms with Crippen LogP contribution in [-0.4, -0.2) is 84.8 Å². The Labute approximate surface area is 430 Å². The van der Waals surface area contributed by atoms with Crippen LogP contribution in [0.3, 0.4) is 0 Å². The van der Waals surface area contributed by atoms with E-state index in [4.69, 9.17) is 28.4 Å². The summed E-state index contributed by atoms with van der Waals surface area (Å²) in [6.45, 7) is 14.8. The number of rotatable bonds is 4. The van der Waals surface area contributed by atoms with Crippen molar-refractivity contribution in [2.24, 2.45) is 92.7 Å². The highest BCUT2D eigenvalue weighted by atomic mass is 19.4. The summed E-state index contributed by atoms with van der Waals surface area (Å²) in [7, 11) is 0. The Morgan fingerprint density at radius 1 is 0.486 bits per heavy atom. The number of ether oxygens (including phenoxy) is 6. The Bertz CT molecular complexity index is 2050. The summed E-state index contributed by atoms with van der Waals surface area (Å²) in [6.07, 6.45) is -7.78. The number of hydrogen-bond acceptors (Lipinski definition) is 12. The molecule has 416 valence electrons. The number of esters is 6. The van der Waals surface area contributed by atoms with E-state index in [1.807, 2.05) is 27.7 Å². The first kappa shape index (κ1) is 55.2. The lowest BCUT2D eigenvalue weighted by Gasteiger charge is -2.64. The van der Waals surface area contributed by atoms with Gasteiger partial charge < -0.3 is 28.4 Å². The molecule has 0 spiro atoms. The van der Waals surface area contributed by atoms with E-state index in [0.29, 0.717) is 89.9 Å². The van der Waals surface area contributed by atoms with Gasteiger partial charge in [-0.05, 0) is 173 Å². The van der Waals surface area contributed by atoms with Gasteiger partial charge >= 0.3 is 48.2 Å². The van der Waals surface area contributed by atoms with Gasteiger partial charge in [0.25, 0.3) is 0 Å². The number of hydrogen-bond donors (Lipinski definition) is 0. The third kappa shape index (κ3) is 9.55.